The molecule has 0 aliphatic heterocycles. The predicted octanol–water partition coefficient (Wildman–Crippen LogP) is 2.25. The van der Waals surface area contributed by atoms with Gasteiger partial charge in [0.05, 0.1) is 19.0 Å². The van der Waals surface area contributed by atoms with E-state index in [-0.39, 0.29) is 0 Å². The van der Waals surface area contributed by atoms with Crippen LogP contribution >= 0.6 is 11.6 Å². The summed E-state index contributed by atoms with van der Waals surface area (Å²) in [6, 6.07) is 7.24. The van der Waals surface area contributed by atoms with E-state index in [2.05, 4.69) is 20.3 Å². The van der Waals surface area contributed by atoms with Crippen molar-refractivity contribution in [3.05, 3.63) is 47.5 Å². The molecule has 0 unspecified atom stereocenters. The van der Waals surface area contributed by atoms with Gasteiger partial charge >= 0.3 is 0 Å². The summed E-state index contributed by atoms with van der Waals surface area (Å²) in [5.74, 6) is 0.670. The molecule has 0 saturated carbocycles. The van der Waals surface area contributed by atoms with Gasteiger partial charge in [-0.3, -0.25) is 0 Å². The van der Waals surface area contributed by atoms with Crippen molar-refractivity contribution in [3.8, 4) is 0 Å². The molecule has 21 heavy (non-hydrogen) atoms. The number of fused-ring (bicyclic) bond motifs is 1. The highest BCUT2D eigenvalue weighted by molar-refractivity contribution is 6.31. The Hall–Kier alpha value is -2.18. The Morgan fingerprint density at radius 2 is 2.10 bits per heavy atom. The second-order valence-corrected chi connectivity index (χ2v) is 4.99. The molecule has 0 saturated heterocycles. The molecule has 1 aromatic carbocycles. The molecule has 0 aliphatic carbocycles. The summed E-state index contributed by atoms with van der Waals surface area (Å²) < 4.78 is 1.81. The van der Waals surface area contributed by atoms with Gasteiger partial charge in [-0.2, -0.15) is 0 Å². The van der Waals surface area contributed by atoms with E-state index < -0.39 is 6.10 Å². The number of aliphatic hydroxyl groups excluding tert-OH is 1. The molecule has 7 heteroatoms. The maximum atomic E-state index is 10.4. The number of benzene rings is 1. The predicted molar refractivity (Wildman–Crippen MR) is 81.3 cm³/mol. The van der Waals surface area contributed by atoms with E-state index in [1.807, 2.05) is 22.8 Å². The second kappa shape index (κ2) is 5.67. The number of aliphatic hydroxyl groups is 1. The zero-order chi connectivity index (χ0) is 14.8. The van der Waals surface area contributed by atoms with Crippen molar-refractivity contribution < 1.29 is 5.11 Å². The van der Waals surface area contributed by atoms with Crippen LogP contribution in [-0.2, 0) is 6.54 Å². The lowest BCUT2D eigenvalue weighted by molar-refractivity contribution is 0.158. The van der Waals surface area contributed by atoms with E-state index in [9.17, 15) is 5.11 Å². The van der Waals surface area contributed by atoms with Crippen LogP contribution in [0.25, 0.3) is 11.2 Å². The summed E-state index contributed by atoms with van der Waals surface area (Å²) in [6.45, 7) is 0.322. The van der Waals surface area contributed by atoms with Crippen LogP contribution in [0.2, 0.25) is 5.02 Å². The molecule has 1 atom stereocenters. The van der Waals surface area contributed by atoms with Crippen molar-refractivity contribution in [3.63, 3.8) is 0 Å². The SMILES string of the molecule is CNc1ncnc2ncn(C[C@@H](O)c3ccccc3Cl)c12. The molecule has 0 spiro atoms. The van der Waals surface area contributed by atoms with Gasteiger partial charge in [-0.15, -0.1) is 0 Å². The average Bonchev–Trinajstić information content (AvgIpc) is 2.91. The van der Waals surface area contributed by atoms with E-state index in [4.69, 9.17) is 11.6 Å². The molecule has 3 aromatic rings. The summed E-state index contributed by atoms with van der Waals surface area (Å²) in [6.07, 6.45) is 2.36. The smallest absolute Gasteiger partial charge is 0.182 e. The van der Waals surface area contributed by atoms with Crippen LogP contribution in [0.15, 0.2) is 36.9 Å². The number of aromatic nitrogens is 4. The first-order chi connectivity index (χ1) is 10.2. The molecule has 0 radical (unpaired) electrons. The van der Waals surface area contributed by atoms with Gasteiger partial charge in [-0.05, 0) is 6.07 Å². The Bertz CT molecular complexity index is 773. The van der Waals surface area contributed by atoms with Crippen LogP contribution in [0.1, 0.15) is 11.7 Å². The average molecular weight is 304 g/mol. The van der Waals surface area contributed by atoms with Crippen molar-refractivity contribution in [2.75, 3.05) is 12.4 Å². The highest BCUT2D eigenvalue weighted by Gasteiger charge is 2.15. The van der Waals surface area contributed by atoms with Gasteiger partial charge in [-0.25, -0.2) is 15.0 Å². The molecule has 6 nitrogen and oxygen atoms in total. The number of hydrogen-bond donors (Lipinski definition) is 2. The number of hydrogen-bond acceptors (Lipinski definition) is 5. The van der Waals surface area contributed by atoms with Crippen LogP contribution in [0.4, 0.5) is 5.82 Å². The Kier molecular flexibility index (Phi) is 3.72. The van der Waals surface area contributed by atoms with E-state index in [1.54, 1.807) is 19.4 Å². The first kappa shape index (κ1) is 13.8. The molecule has 3 rings (SSSR count). The highest BCUT2D eigenvalue weighted by Crippen LogP contribution is 2.26. The van der Waals surface area contributed by atoms with Crippen LogP contribution < -0.4 is 5.32 Å². The van der Waals surface area contributed by atoms with Gasteiger partial charge in [0, 0.05) is 17.6 Å². The normalized spacial score (nSPS) is 12.5. The van der Waals surface area contributed by atoms with Crippen LogP contribution in [0, 0.1) is 0 Å². The largest absolute Gasteiger partial charge is 0.386 e. The lowest BCUT2D eigenvalue weighted by Gasteiger charge is -2.14. The molecule has 2 heterocycles. The van der Waals surface area contributed by atoms with E-state index in [0.717, 1.165) is 5.52 Å². The van der Waals surface area contributed by atoms with Gasteiger partial charge < -0.3 is 15.0 Å². The van der Waals surface area contributed by atoms with Gasteiger partial charge in [0.25, 0.3) is 0 Å². The number of nitrogens with zero attached hydrogens (tertiary/aromatic N) is 4. The number of rotatable bonds is 4. The van der Waals surface area contributed by atoms with Crippen molar-refractivity contribution in [1.29, 1.82) is 0 Å². The molecule has 0 bridgehead atoms. The molecule has 108 valence electrons. The fraction of sp³-hybridized carbons (Fsp3) is 0.214. The van der Waals surface area contributed by atoms with Crippen LogP contribution in [0.5, 0.6) is 0 Å². The third-order valence-corrected chi connectivity index (χ3v) is 3.62. The van der Waals surface area contributed by atoms with Gasteiger partial charge in [0.2, 0.25) is 0 Å². The second-order valence-electron chi connectivity index (χ2n) is 4.58. The number of halogens is 1. The topological polar surface area (TPSA) is 75.9 Å². The van der Waals surface area contributed by atoms with E-state index in [1.165, 1.54) is 6.33 Å². The Labute approximate surface area is 126 Å². The quantitative estimate of drug-likeness (QED) is 0.773. The zero-order valence-corrected chi connectivity index (χ0v) is 12.1. The van der Waals surface area contributed by atoms with Crippen molar-refractivity contribution in [2.24, 2.45) is 0 Å². The molecular formula is C14H14ClN5O. The highest BCUT2D eigenvalue weighted by atomic mass is 35.5. The van der Waals surface area contributed by atoms with Crippen LogP contribution in [-0.4, -0.2) is 31.7 Å². The fourth-order valence-electron chi connectivity index (χ4n) is 2.26. The van der Waals surface area contributed by atoms with Gasteiger partial charge in [-0.1, -0.05) is 29.8 Å². The lowest BCUT2D eigenvalue weighted by Crippen LogP contribution is -2.09. The fourth-order valence-corrected chi connectivity index (χ4v) is 2.52. The van der Waals surface area contributed by atoms with Crippen molar-refractivity contribution in [2.45, 2.75) is 12.6 Å². The summed E-state index contributed by atoms with van der Waals surface area (Å²) in [4.78, 5) is 12.5. The third kappa shape index (κ3) is 2.55. The molecular weight excluding hydrogens is 290 g/mol. The minimum absolute atomic E-state index is 0.322. The minimum Gasteiger partial charge on any atom is -0.386 e. The number of anilines is 1. The van der Waals surface area contributed by atoms with Crippen LogP contribution in [0.3, 0.4) is 0 Å². The standard InChI is InChI=1S/C14H14ClN5O/c1-16-13-12-14(18-7-17-13)19-8-20(12)6-11(21)9-4-2-3-5-10(9)15/h2-5,7-8,11,21H,6H2,1H3,(H,16,17,18)/t11-/m1/s1. The Morgan fingerprint density at radius 1 is 1.29 bits per heavy atom. The molecule has 0 aliphatic rings. The van der Waals surface area contributed by atoms with Gasteiger partial charge in [0.15, 0.2) is 11.5 Å². The number of nitrogens with one attached hydrogen (secondary N) is 1. The zero-order valence-electron chi connectivity index (χ0n) is 11.4. The van der Waals surface area contributed by atoms with Crippen molar-refractivity contribution >= 4 is 28.6 Å². The monoisotopic (exact) mass is 303 g/mol. The summed E-state index contributed by atoms with van der Waals surface area (Å²) >= 11 is 6.11. The summed E-state index contributed by atoms with van der Waals surface area (Å²) in [5.41, 5.74) is 2.02. The molecule has 2 aromatic heterocycles. The first-order valence-electron chi connectivity index (χ1n) is 6.46. The maximum absolute atomic E-state index is 10.4. The number of imidazole rings is 1. The molecule has 0 fully saturated rings. The lowest BCUT2D eigenvalue weighted by atomic mass is 10.1. The Morgan fingerprint density at radius 3 is 2.86 bits per heavy atom. The Balaban J connectivity index is 1.97. The molecule has 2 N–H and O–H groups in total. The van der Waals surface area contributed by atoms with Crippen molar-refractivity contribution in [1.82, 2.24) is 19.5 Å². The van der Waals surface area contributed by atoms with E-state index in [0.29, 0.717) is 28.6 Å². The van der Waals surface area contributed by atoms with E-state index >= 15 is 0 Å². The summed E-state index contributed by atoms with van der Waals surface area (Å²) in [5, 5.41) is 13.9. The molecule has 0 amide bonds. The first-order valence-corrected chi connectivity index (χ1v) is 6.84. The minimum atomic E-state index is -0.735. The van der Waals surface area contributed by atoms with Gasteiger partial charge in [0.1, 0.15) is 11.8 Å². The maximum Gasteiger partial charge on any atom is 0.182 e. The summed E-state index contributed by atoms with van der Waals surface area (Å²) in [7, 11) is 1.78. The third-order valence-electron chi connectivity index (χ3n) is 3.28.